The van der Waals surface area contributed by atoms with Crippen molar-refractivity contribution in [1.29, 1.82) is 15.8 Å². The van der Waals surface area contributed by atoms with Gasteiger partial charge in [-0.3, -0.25) is 38.9 Å². The lowest BCUT2D eigenvalue weighted by atomic mass is 9.60. The number of anilines is 3. The number of aliphatic hydroxyl groups is 3. The van der Waals surface area contributed by atoms with Crippen LogP contribution in [0.4, 0.5) is 35.0 Å². The van der Waals surface area contributed by atoms with Crippen LogP contribution in [0.3, 0.4) is 0 Å². The Morgan fingerprint density at radius 2 is 0.843 bits per heavy atom. The molecule has 1 saturated heterocycles. The molecule has 9 saturated carbocycles. The van der Waals surface area contributed by atoms with Gasteiger partial charge in [0.05, 0.1) is 169 Å². The molecule has 9 aromatic heterocycles. The summed E-state index contributed by atoms with van der Waals surface area (Å²) in [6, 6.07) is 28.1. The number of alkyl halides is 4. The predicted molar refractivity (Wildman–Crippen MR) is 503 cm³/mol. The molecule has 9 aliphatic carbocycles. The molecule has 0 unspecified atom stereocenters. The third-order valence-corrected chi connectivity index (χ3v) is 26.7. The summed E-state index contributed by atoms with van der Waals surface area (Å²) in [5.74, 6) is -1.04. The number of nitrogens with two attached hydrogens (primary N) is 1. The van der Waals surface area contributed by atoms with E-state index >= 15 is 0 Å². The predicted octanol–water partition coefficient (Wildman–Crippen LogP) is 13.3. The minimum absolute atomic E-state index is 0. The fourth-order valence-electron chi connectivity index (χ4n) is 18.3. The Balaban J connectivity index is 0.000000185. The number of carbonyl (C=O) groups excluding carboxylic acids is 6. The number of amides is 5. The monoisotopic (exact) mass is 1930 g/mol. The van der Waals surface area contributed by atoms with Crippen LogP contribution in [0, 0.1) is 34.0 Å². The minimum atomic E-state index is -1.66. The van der Waals surface area contributed by atoms with Gasteiger partial charge in [0.1, 0.15) is 55.5 Å². The van der Waals surface area contributed by atoms with Crippen molar-refractivity contribution in [1.82, 2.24) is 70.0 Å². The Kier molecular flexibility index (Phi) is 32.4. The fourth-order valence-corrected chi connectivity index (χ4v) is 18.5. The molecular weight excluding hydrogens is 1810 g/mol. The maximum atomic E-state index is 14.5. The van der Waals surface area contributed by atoms with E-state index in [-0.39, 0.29) is 108 Å². The molecule has 19 rings (SSSR count). The van der Waals surface area contributed by atoms with E-state index in [1.165, 1.54) is 78.7 Å². The summed E-state index contributed by atoms with van der Waals surface area (Å²) >= 11 is 10.1. The summed E-state index contributed by atoms with van der Waals surface area (Å²) < 4.78 is 63.9. The second-order valence-corrected chi connectivity index (χ2v) is 39.3. The molecule has 40 heteroatoms. The Morgan fingerprint density at radius 3 is 1.15 bits per heavy atom. The van der Waals surface area contributed by atoms with Gasteiger partial charge in [0.2, 0.25) is 11.1 Å². The molecule has 0 radical (unpaired) electrons. The van der Waals surface area contributed by atoms with Crippen LogP contribution in [0.2, 0.25) is 0 Å². The number of ether oxygens (including phenoxy) is 3. The van der Waals surface area contributed by atoms with Crippen LogP contribution in [-0.2, 0) is 23.8 Å². The minimum Gasteiger partial charge on any atom is -0.444 e. The van der Waals surface area contributed by atoms with E-state index < -0.39 is 70.0 Å². The summed E-state index contributed by atoms with van der Waals surface area (Å²) in [6.45, 7) is 14.3. The number of nitriles is 3. The number of halogens is 7. The molecule has 1 aliphatic heterocycles. The lowest BCUT2D eigenvalue weighted by Crippen LogP contribution is -2.64. The summed E-state index contributed by atoms with van der Waals surface area (Å²) in [4.78, 5) is 90.8. The summed E-state index contributed by atoms with van der Waals surface area (Å²) in [7, 11) is 0. The van der Waals surface area contributed by atoms with Crippen LogP contribution in [0.5, 0.6) is 0 Å². The van der Waals surface area contributed by atoms with Crippen molar-refractivity contribution in [3.63, 3.8) is 0 Å². The molecule has 6 bridgehead atoms. The normalized spacial score (nSPS) is 22.4. The van der Waals surface area contributed by atoms with Gasteiger partial charge in [0, 0.05) is 64.2 Å². The Labute approximate surface area is 797 Å². The maximum Gasteiger partial charge on any atom is 0.408 e. The van der Waals surface area contributed by atoms with Crippen molar-refractivity contribution in [2.75, 3.05) is 74.4 Å². The Morgan fingerprint density at radius 1 is 0.515 bits per heavy atom. The molecule has 0 spiro atoms. The first-order valence-corrected chi connectivity index (χ1v) is 45.3. The van der Waals surface area contributed by atoms with E-state index in [1.807, 2.05) is 74.2 Å². The van der Waals surface area contributed by atoms with Crippen LogP contribution < -0.4 is 43.0 Å². The standard InChI is InChI=1S/C32H40FN7O4.C31H36FN7O4.C27H32FN7O2.C4H6Cl2O2.2ClH/c1-29(2,3)44-28(42)39-32-11-8-31(9-12-32,10-13-32)38-23-15-24(25-7-6-21-14-20(16-34)17-37-40(21)25)35-18-22(23)27(41)36-19-26(33)30(4,5)43;1-29(2,42)26(32)18-35-28(41)22-17-34-24(25-4-3-21-13-20(15-33)16-36-39(21)25)14-23(22)37-30-5-8-31(9-6-30,10-7-30)38-11-12-43-19-27(38)40;1-25(2,37)23(28)16-32-24(36)19-15-31-21(22-4-3-18-11-17(13-29)14-33-35(18)22)12-20(19)34-27-8-5-26(30,6-9-27)7-10-27;5-1-2-8-3-4(6)7;;/h6-7,14-15,17-18,26,43H,8-13,19H2,1-5H3,(H,35,38)(H,36,41)(H,39,42);3-4,13-14,16-17,26,42H,5-12,18-19H2,1-2H3,(H,34,37)(H,35,41);3-4,11-12,14-15,23,37H,5-10,16,30H2,1-2H3,(H,31,34)(H,32,36);1-3H2;2*1H/t26-,31?,32?;26-,30?,31?;23-,26?,27?;;;/m111.../s1. The first-order chi connectivity index (χ1) is 62.4. The van der Waals surface area contributed by atoms with Crippen molar-refractivity contribution in [2.24, 2.45) is 5.73 Å². The number of fused-ring (bicyclic) bond motifs is 12. The highest BCUT2D eigenvalue weighted by Crippen LogP contribution is 2.53. The van der Waals surface area contributed by atoms with Gasteiger partial charge in [-0.15, -0.1) is 36.4 Å². The number of nitrogens with one attached hydrogen (secondary N) is 7. The van der Waals surface area contributed by atoms with Crippen molar-refractivity contribution in [2.45, 2.75) is 252 Å². The molecule has 33 nitrogen and oxygen atoms in total. The number of rotatable bonds is 27. The molecule has 12 N–H and O–H groups in total. The summed E-state index contributed by atoms with van der Waals surface area (Å²) in [6.07, 6.45) is 18.6. The average Bonchev–Trinajstić information content (AvgIpc) is 0.782. The van der Waals surface area contributed by atoms with E-state index in [1.54, 1.807) is 37.8 Å². The van der Waals surface area contributed by atoms with Crippen molar-refractivity contribution in [3.05, 3.63) is 143 Å². The van der Waals surface area contributed by atoms with Gasteiger partial charge < -0.3 is 77.4 Å². The van der Waals surface area contributed by atoms with Gasteiger partial charge >= 0.3 is 6.09 Å². The molecule has 10 heterocycles. The highest BCUT2D eigenvalue weighted by molar-refractivity contribution is 6.63. The van der Waals surface area contributed by atoms with Crippen LogP contribution in [0.1, 0.15) is 226 Å². The zero-order valence-corrected chi connectivity index (χ0v) is 79.5. The van der Waals surface area contributed by atoms with Crippen LogP contribution in [-0.4, -0.2) is 232 Å². The number of alkyl carbamates (subject to hydrolysis) is 1. The number of carbonyl (C=O) groups is 6. The lowest BCUT2D eigenvalue weighted by Gasteiger charge is -2.58. The molecule has 718 valence electrons. The Hall–Kier alpha value is -11.1. The number of hydrogen-bond acceptors (Lipinski definition) is 25. The van der Waals surface area contributed by atoms with Gasteiger partial charge in [0.25, 0.3) is 17.7 Å². The highest BCUT2D eigenvalue weighted by atomic mass is 35.5. The van der Waals surface area contributed by atoms with E-state index in [0.717, 1.165) is 132 Å². The van der Waals surface area contributed by atoms with E-state index in [0.29, 0.717) is 99.1 Å². The summed E-state index contributed by atoms with van der Waals surface area (Å²) in [5.41, 5.74) is 9.73. The van der Waals surface area contributed by atoms with Crippen LogP contribution in [0.15, 0.2) is 110 Å². The second-order valence-electron chi connectivity index (χ2n) is 38.5. The van der Waals surface area contributed by atoms with Crippen molar-refractivity contribution >= 4 is 117 Å². The largest absolute Gasteiger partial charge is 0.444 e. The highest BCUT2D eigenvalue weighted by Gasteiger charge is 2.55. The molecule has 3 atom stereocenters. The van der Waals surface area contributed by atoms with E-state index in [2.05, 4.69) is 90.4 Å². The quantitative estimate of drug-likeness (QED) is 0.0129. The molecular formula is C94H116Cl4F3N21O12. The number of aromatic nitrogens is 9. The number of nitrogens with zero attached hydrogens (tertiary/aromatic N) is 13. The molecule has 5 amide bonds. The molecule has 10 aliphatic rings. The Bertz CT molecular complexity index is 5860. The zero-order chi connectivity index (χ0) is 95.2. The lowest BCUT2D eigenvalue weighted by molar-refractivity contribution is -0.157. The van der Waals surface area contributed by atoms with Gasteiger partial charge in [-0.1, -0.05) is 0 Å². The first kappa shape index (κ1) is 103. The number of pyridine rings is 3. The molecule has 9 aromatic rings. The van der Waals surface area contributed by atoms with Gasteiger partial charge in [-0.2, -0.15) is 31.1 Å². The second kappa shape index (κ2) is 42.0. The molecule has 10 fully saturated rings. The molecule has 0 aromatic carbocycles. The zero-order valence-electron chi connectivity index (χ0n) is 76.3. The van der Waals surface area contributed by atoms with Gasteiger partial charge in [-0.05, 0) is 262 Å². The third kappa shape index (κ3) is 24.4. The maximum absolute atomic E-state index is 14.5. The first-order valence-electron chi connectivity index (χ1n) is 44.4. The SMILES string of the molecule is CC(C)(C)OC(=O)NC12CCC(Nc3cc(-c4ccc5cc(C#N)cnn45)ncc3C(=O)NC[C@@H](F)C(C)(C)O)(CC1)CC2.CC(C)(O)[C@H](F)CNC(=O)c1cnc(-c2ccc3cc(C#N)cnn23)cc1NC12CCC(N)(CC1)CC2.CC(C)(O)[C@H](F)CNC(=O)c1cnc(-c2ccc3cc(C#N)cnn23)cc1NC12CCC(N3CCOCC3=O)(CC1)CC2.Cl.Cl.O=C(Cl)COCCCl. The van der Waals surface area contributed by atoms with Crippen LogP contribution >= 0.6 is 48.0 Å². The van der Waals surface area contributed by atoms with Gasteiger partial charge in [-0.25, -0.2) is 31.5 Å². The van der Waals surface area contributed by atoms with Crippen molar-refractivity contribution < 1.29 is 71.5 Å². The smallest absolute Gasteiger partial charge is 0.408 e. The van der Waals surface area contributed by atoms with Gasteiger partial charge in [0.15, 0.2) is 0 Å². The third-order valence-electron chi connectivity index (χ3n) is 26.5. The van der Waals surface area contributed by atoms with E-state index in [4.69, 9.17) is 38.4 Å². The van der Waals surface area contributed by atoms with Crippen LogP contribution in [0.25, 0.3) is 50.7 Å². The number of morpholine rings is 1. The molecule has 134 heavy (non-hydrogen) atoms. The average molecular weight is 1930 g/mol. The summed E-state index contributed by atoms with van der Waals surface area (Å²) in [5, 5.41) is 92.3. The number of hydrogen-bond donors (Lipinski definition) is 11. The van der Waals surface area contributed by atoms with E-state index in [9.17, 15) is 73.0 Å². The van der Waals surface area contributed by atoms with Crippen molar-refractivity contribution in [3.8, 4) is 52.4 Å². The topological polar surface area (TPSA) is 466 Å². The fraction of sp³-hybridized carbons (Fsp3) is 0.521.